The maximum atomic E-state index is 4.72. The van der Waals surface area contributed by atoms with Crippen LogP contribution >= 0.6 is 11.8 Å². The minimum atomic E-state index is 0.552. The Morgan fingerprint density at radius 2 is 1.91 bits per heavy atom. The number of pyridine rings is 1. The number of hydrogen-bond donors (Lipinski definition) is 1. The van der Waals surface area contributed by atoms with Crippen LogP contribution in [0.2, 0.25) is 0 Å². The van der Waals surface area contributed by atoms with Crippen LogP contribution in [0.3, 0.4) is 0 Å². The largest absolute Gasteiger partial charge is 0.367 e. The van der Waals surface area contributed by atoms with Gasteiger partial charge in [-0.3, -0.25) is 4.98 Å². The number of hydrogen-bond acceptors (Lipinski definition) is 5. The van der Waals surface area contributed by atoms with Gasteiger partial charge in [-0.25, -0.2) is 9.97 Å². The highest BCUT2D eigenvalue weighted by Gasteiger charge is 2.15. The standard InChI is InChI=1S/C17H22N4S/c1-22-12-15-11-16(19-14-5-3-2-4-6-14)21-17(20-15)13-7-9-18-10-8-13/h7-11,14H,2-6,12H2,1H3,(H,19,20,21). The van der Waals surface area contributed by atoms with Crippen molar-refractivity contribution in [1.29, 1.82) is 0 Å². The van der Waals surface area contributed by atoms with Gasteiger partial charge in [0, 0.05) is 35.8 Å². The zero-order valence-corrected chi connectivity index (χ0v) is 13.8. The summed E-state index contributed by atoms with van der Waals surface area (Å²) in [6.07, 6.45) is 12.2. The summed E-state index contributed by atoms with van der Waals surface area (Å²) in [6.45, 7) is 0. The summed E-state index contributed by atoms with van der Waals surface area (Å²) in [5, 5.41) is 3.61. The smallest absolute Gasteiger partial charge is 0.161 e. The van der Waals surface area contributed by atoms with Crippen LogP contribution in [0.15, 0.2) is 30.6 Å². The van der Waals surface area contributed by atoms with Crippen molar-refractivity contribution in [2.75, 3.05) is 11.6 Å². The molecule has 116 valence electrons. The van der Waals surface area contributed by atoms with Crippen molar-refractivity contribution < 1.29 is 0 Å². The lowest BCUT2D eigenvalue weighted by Gasteiger charge is -2.23. The number of anilines is 1. The van der Waals surface area contributed by atoms with Crippen LogP contribution in [0.4, 0.5) is 5.82 Å². The molecule has 0 aromatic carbocycles. The summed E-state index contributed by atoms with van der Waals surface area (Å²) in [4.78, 5) is 13.5. The van der Waals surface area contributed by atoms with Gasteiger partial charge in [-0.2, -0.15) is 11.8 Å². The first-order valence-corrected chi connectivity index (χ1v) is 9.28. The number of rotatable bonds is 5. The van der Waals surface area contributed by atoms with Gasteiger partial charge in [0.15, 0.2) is 5.82 Å². The SMILES string of the molecule is CSCc1cc(NC2CCCCC2)nc(-c2ccncc2)n1. The minimum absolute atomic E-state index is 0.552. The molecule has 2 heterocycles. The van der Waals surface area contributed by atoms with Crippen molar-refractivity contribution in [2.45, 2.75) is 43.9 Å². The van der Waals surface area contributed by atoms with Crippen LogP contribution in [0.1, 0.15) is 37.8 Å². The van der Waals surface area contributed by atoms with Crippen LogP contribution in [-0.4, -0.2) is 27.2 Å². The lowest BCUT2D eigenvalue weighted by atomic mass is 9.95. The van der Waals surface area contributed by atoms with E-state index in [4.69, 9.17) is 4.98 Å². The Balaban J connectivity index is 1.86. The van der Waals surface area contributed by atoms with E-state index in [9.17, 15) is 0 Å². The first-order chi connectivity index (χ1) is 10.8. The third-order valence-electron chi connectivity index (χ3n) is 3.97. The molecule has 1 N–H and O–H groups in total. The quantitative estimate of drug-likeness (QED) is 0.898. The van der Waals surface area contributed by atoms with Gasteiger partial charge in [-0.05, 0) is 31.2 Å². The van der Waals surface area contributed by atoms with Crippen LogP contribution < -0.4 is 5.32 Å². The minimum Gasteiger partial charge on any atom is -0.367 e. The number of nitrogens with zero attached hydrogens (tertiary/aromatic N) is 3. The first-order valence-electron chi connectivity index (χ1n) is 7.89. The molecule has 2 aromatic rings. The van der Waals surface area contributed by atoms with Gasteiger partial charge in [-0.15, -0.1) is 0 Å². The lowest BCUT2D eigenvalue weighted by molar-refractivity contribution is 0.462. The molecule has 1 aliphatic rings. The second-order valence-electron chi connectivity index (χ2n) is 5.72. The van der Waals surface area contributed by atoms with E-state index in [0.29, 0.717) is 6.04 Å². The van der Waals surface area contributed by atoms with Gasteiger partial charge >= 0.3 is 0 Å². The van der Waals surface area contributed by atoms with Crippen molar-refractivity contribution in [3.63, 3.8) is 0 Å². The molecule has 0 unspecified atom stereocenters. The van der Waals surface area contributed by atoms with Gasteiger partial charge < -0.3 is 5.32 Å². The van der Waals surface area contributed by atoms with Crippen molar-refractivity contribution in [2.24, 2.45) is 0 Å². The van der Waals surface area contributed by atoms with Crippen molar-refractivity contribution in [1.82, 2.24) is 15.0 Å². The van der Waals surface area contributed by atoms with Gasteiger partial charge in [0.2, 0.25) is 0 Å². The van der Waals surface area contributed by atoms with E-state index >= 15 is 0 Å². The molecule has 0 bridgehead atoms. The molecular formula is C17H22N4S. The summed E-state index contributed by atoms with van der Waals surface area (Å²) >= 11 is 1.78. The summed E-state index contributed by atoms with van der Waals surface area (Å²) in [6, 6.07) is 6.57. The van der Waals surface area contributed by atoms with E-state index in [0.717, 1.165) is 28.7 Å². The van der Waals surface area contributed by atoms with E-state index in [1.165, 1.54) is 32.1 Å². The zero-order valence-electron chi connectivity index (χ0n) is 13.0. The highest BCUT2D eigenvalue weighted by molar-refractivity contribution is 7.97. The second kappa shape index (κ2) is 7.58. The van der Waals surface area contributed by atoms with Crippen LogP contribution in [0, 0.1) is 0 Å². The molecule has 0 spiro atoms. The average molecular weight is 314 g/mol. The molecule has 0 atom stereocenters. The third-order valence-corrected chi connectivity index (χ3v) is 4.55. The van der Waals surface area contributed by atoms with Gasteiger partial charge in [0.25, 0.3) is 0 Å². The average Bonchev–Trinajstić information content (AvgIpc) is 2.57. The normalized spacial score (nSPS) is 15.7. The van der Waals surface area contributed by atoms with E-state index in [-0.39, 0.29) is 0 Å². The molecule has 0 amide bonds. The highest BCUT2D eigenvalue weighted by atomic mass is 32.2. The lowest BCUT2D eigenvalue weighted by Crippen LogP contribution is -2.23. The maximum absolute atomic E-state index is 4.72. The molecule has 1 fully saturated rings. The molecule has 3 rings (SSSR count). The Labute approximate surface area is 136 Å². The molecule has 1 aliphatic carbocycles. The van der Waals surface area contributed by atoms with Crippen molar-refractivity contribution >= 4 is 17.6 Å². The monoisotopic (exact) mass is 314 g/mol. The fourth-order valence-corrected chi connectivity index (χ4v) is 3.32. The summed E-state index contributed by atoms with van der Waals surface area (Å²) < 4.78 is 0. The Morgan fingerprint density at radius 1 is 1.14 bits per heavy atom. The van der Waals surface area contributed by atoms with E-state index in [1.54, 1.807) is 24.2 Å². The van der Waals surface area contributed by atoms with Crippen molar-refractivity contribution in [3.05, 3.63) is 36.3 Å². The topological polar surface area (TPSA) is 50.7 Å². The second-order valence-corrected chi connectivity index (χ2v) is 6.58. The molecular weight excluding hydrogens is 292 g/mol. The third kappa shape index (κ3) is 3.97. The molecule has 0 aliphatic heterocycles. The fourth-order valence-electron chi connectivity index (χ4n) is 2.88. The fraction of sp³-hybridized carbons (Fsp3) is 0.471. The predicted octanol–water partition coefficient (Wildman–Crippen LogP) is 4.15. The predicted molar refractivity (Wildman–Crippen MR) is 93.0 cm³/mol. The highest BCUT2D eigenvalue weighted by Crippen LogP contribution is 2.23. The van der Waals surface area contributed by atoms with Gasteiger partial charge in [0.1, 0.15) is 5.82 Å². The van der Waals surface area contributed by atoms with Gasteiger partial charge in [-0.1, -0.05) is 19.3 Å². The summed E-state index contributed by atoms with van der Waals surface area (Å²) in [5.74, 6) is 2.64. The van der Waals surface area contributed by atoms with Crippen LogP contribution in [0.5, 0.6) is 0 Å². The molecule has 22 heavy (non-hydrogen) atoms. The molecule has 5 heteroatoms. The Morgan fingerprint density at radius 3 is 2.64 bits per heavy atom. The zero-order chi connectivity index (χ0) is 15.2. The Bertz CT molecular complexity index is 597. The number of aromatic nitrogens is 3. The molecule has 1 saturated carbocycles. The summed E-state index contributed by atoms with van der Waals surface area (Å²) in [7, 11) is 0. The number of thioether (sulfide) groups is 1. The summed E-state index contributed by atoms with van der Waals surface area (Å²) in [5.41, 5.74) is 2.09. The van der Waals surface area contributed by atoms with Gasteiger partial charge in [0.05, 0.1) is 5.69 Å². The van der Waals surface area contributed by atoms with Crippen LogP contribution in [-0.2, 0) is 5.75 Å². The maximum Gasteiger partial charge on any atom is 0.161 e. The Kier molecular flexibility index (Phi) is 5.27. The first kappa shape index (κ1) is 15.3. The van der Waals surface area contributed by atoms with E-state index in [1.807, 2.05) is 12.1 Å². The van der Waals surface area contributed by atoms with E-state index < -0.39 is 0 Å². The number of nitrogens with one attached hydrogen (secondary N) is 1. The molecule has 0 saturated heterocycles. The molecule has 2 aromatic heterocycles. The van der Waals surface area contributed by atoms with Crippen LogP contribution in [0.25, 0.3) is 11.4 Å². The Hall–Kier alpha value is -1.62. The molecule has 0 radical (unpaired) electrons. The van der Waals surface area contributed by atoms with E-state index in [2.05, 4.69) is 27.6 Å². The van der Waals surface area contributed by atoms with Crippen molar-refractivity contribution in [3.8, 4) is 11.4 Å². The molecule has 4 nitrogen and oxygen atoms in total.